The number of thiocarbonyl (C=S) groups is 1. The molecule has 0 spiro atoms. The molecule has 1 amide bonds. The third-order valence-corrected chi connectivity index (χ3v) is 3.32. The monoisotopic (exact) mass is 248 g/mol. The van der Waals surface area contributed by atoms with Crippen LogP contribution in [0.2, 0.25) is 0 Å². The summed E-state index contributed by atoms with van der Waals surface area (Å²) in [5, 5.41) is 0. The van der Waals surface area contributed by atoms with Gasteiger partial charge in [0.1, 0.15) is 4.99 Å². The summed E-state index contributed by atoms with van der Waals surface area (Å²) in [7, 11) is 0. The predicted molar refractivity (Wildman–Crippen MR) is 73.4 cm³/mol. The van der Waals surface area contributed by atoms with Gasteiger partial charge >= 0.3 is 0 Å². The van der Waals surface area contributed by atoms with Crippen LogP contribution in [0.15, 0.2) is 12.1 Å². The Balaban J connectivity index is 2.64. The molecule has 1 heterocycles. The maximum absolute atomic E-state index is 12.0. The number of nitrogens with two attached hydrogens (primary N) is 1. The number of anilines is 1. The maximum Gasteiger partial charge on any atom is 0.231 e. The van der Waals surface area contributed by atoms with Crippen LogP contribution in [0.4, 0.5) is 5.69 Å². The summed E-state index contributed by atoms with van der Waals surface area (Å²) in [6, 6.07) is 4.12. The number of benzene rings is 1. The Morgan fingerprint density at radius 1 is 1.47 bits per heavy atom. The highest BCUT2D eigenvalue weighted by atomic mass is 32.1. The first kappa shape index (κ1) is 12.0. The molecule has 3 nitrogen and oxygen atoms in total. The van der Waals surface area contributed by atoms with Crippen molar-refractivity contribution in [1.29, 1.82) is 0 Å². The SMILES string of the molecule is Cc1ccc2c(c1C(N)=S)CC(=O)N2C(C)C. The number of rotatable bonds is 2. The lowest BCUT2D eigenvalue weighted by atomic mass is 9.99. The van der Waals surface area contributed by atoms with Crippen molar-refractivity contribution in [3.05, 3.63) is 28.8 Å². The molecule has 1 aromatic rings. The van der Waals surface area contributed by atoms with Crippen molar-refractivity contribution in [2.75, 3.05) is 4.90 Å². The fraction of sp³-hybridized carbons (Fsp3) is 0.385. The van der Waals surface area contributed by atoms with Gasteiger partial charge in [0.05, 0.1) is 6.42 Å². The Labute approximate surface area is 107 Å². The molecule has 0 radical (unpaired) electrons. The van der Waals surface area contributed by atoms with Gasteiger partial charge in [0.2, 0.25) is 5.91 Å². The zero-order chi connectivity index (χ0) is 12.7. The Morgan fingerprint density at radius 3 is 2.65 bits per heavy atom. The van der Waals surface area contributed by atoms with Crippen molar-refractivity contribution < 1.29 is 4.79 Å². The Kier molecular flexibility index (Phi) is 2.91. The molecule has 0 aliphatic carbocycles. The molecule has 1 aromatic carbocycles. The fourth-order valence-corrected chi connectivity index (χ4v) is 2.72. The number of hydrogen-bond acceptors (Lipinski definition) is 2. The summed E-state index contributed by atoms with van der Waals surface area (Å²) in [6.45, 7) is 5.98. The van der Waals surface area contributed by atoms with E-state index in [1.807, 2.05) is 37.8 Å². The summed E-state index contributed by atoms with van der Waals surface area (Å²) in [4.78, 5) is 14.2. The van der Waals surface area contributed by atoms with E-state index in [0.29, 0.717) is 11.4 Å². The van der Waals surface area contributed by atoms with Gasteiger partial charge in [-0.25, -0.2) is 0 Å². The Bertz CT molecular complexity index is 508. The number of carbonyl (C=O) groups excluding carboxylic acids is 1. The first-order valence-electron chi connectivity index (χ1n) is 5.67. The molecule has 0 aromatic heterocycles. The van der Waals surface area contributed by atoms with Gasteiger partial charge in [-0.1, -0.05) is 18.3 Å². The second-order valence-electron chi connectivity index (χ2n) is 4.65. The molecule has 17 heavy (non-hydrogen) atoms. The highest BCUT2D eigenvalue weighted by Crippen LogP contribution is 2.34. The van der Waals surface area contributed by atoms with E-state index in [0.717, 1.165) is 22.4 Å². The number of carbonyl (C=O) groups is 1. The van der Waals surface area contributed by atoms with Crippen LogP contribution in [0.3, 0.4) is 0 Å². The largest absolute Gasteiger partial charge is 0.389 e. The van der Waals surface area contributed by atoms with E-state index in [2.05, 4.69) is 0 Å². The van der Waals surface area contributed by atoms with Crippen LogP contribution in [0.25, 0.3) is 0 Å². The lowest BCUT2D eigenvalue weighted by molar-refractivity contribution is -0.117. The predicted octanol–water partition coefficient (Wildman–Crippen LogP) is 1.93. The van der Waals surface area contributed by atoms with E-state index >= 15 is 0 Å². The Morgan fingerprint density at radius 2 is 2.12 bits per heavy atom. The lowest BCUT2D eigenvalue weighted by Gasteiger charge is -2.22. The molecule has 0 atom stereocenters. The number of hydrogen-bond donors (Lipinski definition) is 1. The maximum atomic E-state index is 12.0. The first-order valence-corrected chi connectivity index (χ1v) is 6.08. The molecular formula is C13H16N2OS. The molecule has 4 heteroatoms. The molecule has 1 aliphatic heterocycles. The summed E-state index contributed by atoms with van der Waals surface area (Å²) in [5.41, 5.74) is 9.60. The van der Waals surface area contributed by atoms with Crippen LogP contribution in [0.1, 0.15) is 30.5 Å². The topological polar surface area (TPSA) is 46.3 Å². The minimum atomic E-state index is 0.123. The highest BCUT2D eigenvalue weighted by molar-refractivity contribution is 7.80. The molecule has 2 rings (SSSR count). The van der Waals surface area contributed by atoms with E-state index in [-0.39, 0.29) is 11.9 Å². The molecule has 0 unspecified atom stereocenters. The Hall–Kier alpha value is -1.42. The van der Waals surface area contributed by atoms with Gasteiger partial charge in [-0.2, -0.15) is 0 Å². The van der Waals surface area contributed by atoms with Gasteiger partial charge in [0.15, 0.2) is 0 Å². The summed E-state index contributed by atoms with van der Waals surface area (Å²) in [6.07, 6.45) is 0.405. The fourth-order valence-electron chi connectivity index (χ4n) is 2.44. The van der Waals surface area contributed by atoms with Crippen LogP contribution in [0, 0.1) is 6.92 Å². The van der Waals surface area contributed by atoms with E-state index in [4.69, 9.17) is 18.0 Å². The average Bonchev–Trinajstić information content (AvgIpc) is 2.52. The van der Waals surface area contributed by atoms with Crippen molar-refractivity contribution in [3.8, 4) is 0 Å². The van der Waals surface area contributed by atoms with Gasteiger partial charge in [-0.05, 0) is 38.0 Å². The first-order chi connectivity index (χ1) is 7.93. The van der Waals surface area contributed by atoms with E-state index in [9.17, 15) is 4.79 Å². The molecule has 90 valence electrons. The van der Waals surface area contributed by atoms with Crippen LogP contribution >= 0.6 is 12.2 Å². The molecule has 0 fully saturated rings. The molecule has 0 saturated heterocycles. The van der Waals surface area contributed by atoms with Crippen molar-refractivity contribution in [3.63, 3.8) is 0 Å². The lowest BCUT2D eigenvalue weighted by Crippen LogP contribution is -2.33. The third-order valence-electron chi connectivity index (χ3n) is 3.12. The van der Waals surface area contributed by atoms with Crippen molar-refractivity contribution >= 4 is 28.8 Å². The van der Waals surface area contributed by atoms with Crippen molar-refractivity contribution in [2.45, 2.75) is 33.2 Å². The second kappa shape index (κ2) is 4.11. The average molecular weight is 248 g/mol. The molecule has 0 saturated carbocycles. The number of amides is 1. The van der Waals surface area contributed by atoms with E-state index < -0.39 is 0 Å². The quantitative estimate of drug-likeness (QED) is 0.813. The summed E-state index contributed by atoms with van der Waals surface area (Å²) >= 11 is 5.08. The number of aryl methyl sites for hydroxylation is 1. The van der Waals surface area contributed by atoms with Crippen molar-refractivity contribution in [1.82, 2.24) is 0 Å². The van der Waals surface area contributed by atoms with E-state index in [1.165, 1.54) is 0 Å². The van der Waals surface area contributed by atoms with Crippen LogP contribution in [-0.4, -0.2) is 16.9 Å². The molecular weight excluding hydrogens is 232 g/mol. The smallest absolute Gasteiger partial charge is 0.231 e. The normalized spacial score (nSPS) is 14.4. The zero-order valence-corrected chi connectivity index (χ0v) is 11.1. The molecule has 2 N–H and O–H groups in total. The highest BCUT2D eigenvalue weighted by Gasteiger charge is 2.31. The van der Waals surface area contributed by atoms with Gasteiger partial charge < -0.3 is 10.6 Å². The van der Waals surface area contributed by atoms with Crippen molar-refractivity contribution in [2.24, 2.45) is 5.73 Å². The zero-order valence-electron chi connectivity index (χ0n) is 10.3. The second-order valence-corrected chi connectivity index (χ2v) is 5.09. The van der Waals surface area contributed by atoms with Gasteiger partial charge in [-0.15, -0.1) is 0 Å². The third kappa shape index (κ3) is 1.82. The van der Waals surface area contributed by atoms with Crippen LogP contribution < -0.4 is 10.6 Å². The van der Waals surface area contributed by atoms with E-state index in [1.54, 1.807) is 0 Å². The minimum absolute atomic E-state index is 0.123. The molecule has 1 aliphatic rings. The van der Waals surface area contributed by atoms with Gasteiger partial charge in [0.25, 0.3) is 0 Å². The summed E-state index contributed by atoms with van der Waals surface area (Å²) in [5.74, 6) is 0.123. The van der Waals surface area contributed by atoms with Gasteiger partial charge in [-0.3, -0.25) is 4.79 Å². The standard InChI is InChI=1S/C13H16N2OS/c1-7(2)15-10-5-4-8(3)12(13(14)17)9(10)6-11(15)16/h4-5,7H,6H2,1-3H3,(H2,14,17). The summed E-state index contributed by atoms with van der Waals surface area (Å²) < 4.78 is 0. The van der Waals surface area contributed by atoms with Crippen LogP contribution in [0.5, 0.6) is 0 Å². The van der Waals surface area contributed by atoms with Crippen LogP contribution in [-0.2, 0) is 11.2 Å². The number of fused-ring (bicyclic) bond motifs is 1. The molecule has 0 bridgehead atoms. The van der Waals surface area contributed by atoms with Gasteiger partial charge in [0, 0.05) is 17.3 Å². The minimum Gasteiger partial charge on any atom is -0.389 e. The number of nitrogens with zero attached hydrogens (tertiary/aromatic N) is 1.